The zero-order valence-corrected chi connectivity index (χ0v) is 12.5. The molecule has 2 aromatic rings. The molecule has 2 N–H and O–H groups in total. The first-order valence-electron chi connectivity index (χ1n) is 6.41. The number of amides is 1. The van der Waals surface area contributed by atoms with Gasteiger partial charge >= 0.3 is 5.97 Å². The summed E-state index contributed by atoms with van der Waals surface area (Å²) in [7, 11) is 0. The molecule has 0 aliphatic heterocycles. The van der Waals surface area contributed by atoms with Gasteiger partial charge in [0.05, 0.1) is 11.0 Å². The second-order valence-electron chi connectivity index (χ2n) is 5.01. The zero-order chi connectivity index (χ0) is 15.0. The third-order valence-electron chi connectivity index (χ3n) is 3.70. The van der Waals surface area contributed by atoms with Crippen molar-refractivity contribution >= 4 is 39.8 Å². The molecule has 0 bridgehead atoms. The van der Waals surface area contributed by atoms with E-state index in [9.17, 15) is 9.59 Å². The summed E-state index contributed by atoms with van der Waals surface area (Å²) in [5.74, 6) is -1.20. The Morgan fingerprint density at radius 2 is 1.86 bits per heavy atom. The van der Waals surface area contributed by atoms with Gasteiger partial charge in [-0.2, -0.15) is 0 Å². The van der Waals surface area contributed by atoms with Crippen LogP contribution >= 0.6 is 22.9 Å². The second kappa shape index (κ2) is 5.16. The van der Waals surface area contributed by atoms with Crippen LogP contribution in [0.15, 0.2) is 35.7 Å². The Balaban J connectivity index is 1.83. The monoisotopic (exact) mass is 321 g/mol. The van der Waals surface area contributed by atoms with Gasteiger partial charge in [0.1, 0.15) is 5.00 Å². The lowest BCUT2D eigenvalue weighted by Gasteiger charge is -2.15. The predicted molar refractivity (Wildman–Crippen MR) is 82.3 cm³/mol. The standard InChI is InChI=1S/C15H12ClNO3S/c16-10-3-1-9(2-4-10)15(6-7-15)14(20)17-12-11(13(18)19)5-8-21-12/h1-5,8H,6-7H2,(H,17,20)(H,18,19). The minimum absolute atomic E-state index is 0.125. The summed E-state index contributed by atoms with van der Waals surface area (Å²) in [6.45, 7) is 0. The summed E-state index contributed by atoms with van der Waals surface area (Å²) >= 11 is 7.08. The van der Waals surface area contributed by atoms with Crippen molar-refractivity contribution in [3.8, 4) is 0 Å². The van der Waals surface area contributed by atoms with Crippen LogP contribution in [0.3, 0.4) is 0 Å². The van der Waals surface area contributed by atoms with Crippen LogP contribution in [0.2, 0.25) is 5.02 Å². The van der Waals surface area contributed by atoms with Gasteiger partial charge in [-0.3, -0.25) is 4.79 Å². The Morgan fingerprint density at radius 1 is 1.19 bits per heavy atom. The number of hydrogen-bond donors (Lipinski definition) is 2. The minimum Gasteiger partial charge on any atom is -0.478 e. The molecular formula is C15H12ClNO3S. The number of carbonyl (C=O) groups excluding carboxylic acids is 1. The number of halogens is 1. The molecule has 108 valence electrons. The lowest BCUT2D eigenvalue weighted by atomic mass is 9.95. The van der Waals surface area contributed by atoms with Crippen LogP contribution in [0.4, 0.5) is 5.00 Å². The first kappa shape index (κ1) is 14.1. The van der Waals surface area contributed by atoms with E-state index in [1.54, 1.807) is 17.5 Å². The Hall–Kier alpha value is -1.85. The van der Waals surface area contributed by atoms with Crippen molar-refractivity contribution in [3.05, 3.63) is 51.9 Å². The molecule has 3 rings (SSSR count). The number of rotatable bonds is 4. The van der Waals surface area contributed by atoms with Crippen molar-refractivity contribution in [1.29, 1.82) is 0 Å². The molecule has 1 fully saturated rings. The van der Waals surface area contributed by atoms with Crippen LogP contribution in [0.5, 0.6) is 0 Å². The van der Waals surface area contributed by atoms with Crippen LogP contribution in [0.25, 0.3) is 0 Å². The lowest BCUT2D eigenvalue weighted by Crippen LogP contribution is -2.28. The number of carboxylic acid groups (broad SMARTS) is 1. The summed E-state index contributed by atoms with van der Waals surface area (Å²) in [5.41, 5.74) is 0.489. The van der Waals surface area contributed by atoms with E-state index >= 15 is 0 Å². The third-order valence-corrected chi connectivity index (χ3v) is 4.79. The van der Waals surface area contributed by atoms with Gasteiger partial charge in [-0.15, -0.1) is 11.3 Å². The van der Waals surface area contributed by atoms with Gasteiger partial charge in [0.25, 0.3) is 0 Å². The number of carbonyl (C=O) groups is 2. The van der Waals surface area contributed by atoms with E-state index in [-0.39, 0.29) is 11.5 Å². The van der Waals surface area contributed by atoms with E-state index < -0.39 is 11.4 Å². The predicted octanol–water partition coefficient (Wildman–Crippen LogP) is 3.77. The molecule has 1 aromatic heterocycles. The fraction of sp³-hybridized carbons (Fsp3) is 0.200. The molecule has 21 heavy (non-hydrogen) atoms. The molecule has 1 amide bonds. The Kier molecular flexibility index (Phi) is 3.47. The molecule has 1 saturated carbocycles. The number of nitrogens with one attached hydrogen (secondary N) is 1. The summed E-state index contributed by atoms with van der Waals surface area (Å²) in [6, 6.07) is 8.71. The summed E-state index contributed by atoms with van der Waals surface area (Å²) in [6.07, 6.45) is 1.52. The van der Waals surface area contributed by atoms with Gasteiger partial charge < -0.3 is 10.4 Å². The average Bonchev–Trinajstić information content (AvgIpc) is 3.13. The van der Waals surface area contributed by atoms with Gasteiger partial charge in [-0.05, 0) is 42.0 Å². The normalized spacial score (nSPS) is 15.5. The molecule has 1 aromatic carbocycles. The number of aromatic carboxylic acids is 1. The zero-order valence-electron chi connectivity index (χ0n) is 10.9. The van der Waals surface area contributed by atoms with E-state index in [1.165, 1.54) is 17.4 Å². The van der Waals surface area contributed by atoms with Crippen molar-refractivity contribution < 1.29 is 14.7 Å². The quantitative estimate of drug-likeness (QED) is 0.900. The van der Waals surface area contributed by atoms with Gasteiger partial charge in [-0.1, -0.05) is 23.7 Å². The summed E-state index contributed by atoms with van der Waals surface area (Å²) in [4.78, 5) is 23.6. The van der Waals surface area contributed by atoms with E-state index in [0.717, 1.165) is 18.4 Å². The Morgan fingerprint density at radius 3 is 2.43 bits per heavy atom. The number of hydrogen-bond acceptors (Lipinski definition) is 3. The smallest absolute Gasteiger partial charge is 0.338 e. The van der Waals surface area contributed by atoms with Crippen molar-refractivity contribution in [1.82, 2.24) is 0 Å². The van der Waals surface area contributed by atoms with E-state index in [4.69, 9.17) is 16.7 Å². The van der Waals surface area contributed by atoms with Crippen LogP contribution in [0, 0.1) is 0 Å². The molecule has 0 atom stereocenters. The van der Waals surface area contributed by atoms with Crippen molar-refractivity contribution in [2.75, 3.05) is 5.32 Å². The van der Waals surface area contributed by atoms with Crippen LogP contribution in [0.1, 0.15) is 28.8 Å². The highest BCUT2D eigenvalue weighted by molar-refractivity contribution is 7.14. The molecule has 1 heterocycles. The molecule has 0 unspecified atom stereocenters. The highest BCUT2D eigenvalue weighted by Crippen LogP contribution is 2.49. The molecule has 0 saturated heterocycles. The van der Waals surface area contributed by atoms with Crippen molar-refractivity contribution in [2.45, 2.75) is 18.3 Å². The average molecular weight is 322 g/mol. The highest BCUT2D eigenvalue weighted by Gasteiger charge is 2.51. The van der Waals surface area contributed by atoms with Crippen molar-refractivity contribution in [2.24, 2.45) is 0 Å². The molecule has 6 heteroatoms. The topological polar surface area (TPSA) is 66.4 Å². The van der Waals surface area contributed by atoms with Crippen molar-refractivity contribution in [3.63, 3.8) is 0 Å². The molecule has 0 radical (unpaired) electrons. The van der Waals surface area contributed by atoms with Crippen LogP contribution in [-0.2, 0) is 10.2 Å². The Labute approximate surface area is 130 Å². The van der Waals surface area contributed by atoms with Gasteiger partial charge in [0.2, 0.25) is 5.91 Å². The summed E-state index contributed by atoms with van der Waals surface area (Å²) in [5, 5.41) is 14.5. The first-order valence-corrected chi connectivity index (χ1v) is 7.67. The van der Waals surface area contributed by atoms with Gasteiger partial charge in [0, 0.05) is 5.02 Å². The highest BCUT2D eigenvalue weighted by atomic mass is 35.5. The fourth-order valence-corrected chi connectivity index (χ4v) is 3.24. The lowest BCUT2D eigenvalue weighted by molar-refractivity contribution is -0.118. The molecular weight excluding hydrogens is 310 g/mol. The first-order chi connectivity index (χ1) is 10.0. The fourth-order valence-electron chi connectivity index (χ4n) is 2.34. The molecule has 0 spiro atoms. The SMILES string of the molecule is O=C(O)c1ccsc1NC(=O)C1(c2ccc(Cl)cc2)CC1. The molecule has 4 nitrogen and oxygen atoms in total. The van der Waals surface area contributed by atoms with Gasteiger partial charge in [-0.25, -0.2) is 4.79 Å². The maximum atomic E-state index is 12.5. The second-order valence-corrected chi connectivity index (χ2v) is 6.36. The molecule has 1 aliphatic rings. The Bertz CT molecular complexity index is 704. The number of benzene rings is 1. The maximum Gasteiger partial charge on any atom is 0.338 e. The maximum absolute atomic E-state index is 12.5. The number of thiophene rings is 1. The van der Waals surface area contributed by atoms with Crippen LogP contribution in [-0.4, -0.2) is 17.0 Å². The van der Waals surface area contributed by atoms with Gasteiger partial charge in [0.15, 0.2) is 0 Å². The van der Waals surface area contributed by atoms with E-state index in [1.807, 2.05) is 12.1 Å². The van der Waals surface area contributed by atoms with Crippen LogP contribution < -0.4 is 5.32 Å². The largest absolute Gasteiger partial charge is 0.478 e. The number of carboxylic acids is 1. The van der Waals surface area contributed by atoms with E-state index in [0.29, 0.717) is 10.0 Å². The summed E-state index contributed by atoms with van der Waals surface area (Å²) < 4.78 is 0. The molecule has 1 aliphatic carbocycles. The number of anilines is 1. The minimum atomic E-state index is -1.04. The third kappa shape index (κ3) is 2.54. The van der Waals surface area contributed by atoms with E-state index in [2.05, 4.69) is 5.32 Å².